The standard InChI is InChI=1S/C11H16N4O2/c1-2-5-14-11(12)15-7-6-13-10(16)9-4-3-8-17-9/h2-4,8H,1,5-7H2,(H,13,16)(H3,12,14,15). The Labute approximate surface area is 99.6 Å². The zero-order chi connectivity index (χ0) is 12.5. The maximum atomic E-state index is 11.4. The minimum Gasteiger partial charge on any atom is -0.459 e. The summed E-state index contributed by atoms with van der Waals surface area (Å²) >= 11 is 0. The molecule has 0 radical (unpaired) electrons. The van der Waals surface area contributed by atoms with E-state index in [2.05, 4.69) is 22.2 Å². The number of hydrogen-bond donors (Lipinski definition) is 3. The highest BCUT2D eigenvalue weighted by atomic mass is 16.3. The highest BCUT2D eigenvalue weighted by Gasteiger charge is 2.06. The Morgan fingerprint density at radius 2 is 2.41 bits per heavy atom. The molecule has 1 aromatic rings. The van der Waals surface area contributed by atoms with Gasteiger partial charge < -0.3 is 20.8 Å². The van der Waals surface area contributed by atoms with Gasteiger partial charge in [-0.3, -0.25) is 9.79 Å². The van der Waals surface area contributed by atoms with Gasteiger partial charge in [-0.15, -0.1) is 6.58 Å². The monoisotopic (exact) mass is 236 g/mol. The van der Waals surface area contributed by atoms with Gasteiger partial charge in [0.15, 0.2) is 11.7 Å². The van der Waals surface area contributed by atoms with Crippen molar-refractivity contribution in [2.45, 2.75) is 0 Å². The third kappa shape index (κ3) is 4.87. The third-order valence-corrected chi connectivity index (χ3v) is 1.85. The van der Waals surface area contributed by atoms with Crippen LogP contribution in [0.25, 0.3) is 0 Å². The molecule has 0 aliphatic rings. The van der Waals surface area contributed by atoms with Gasteiger partial charge in [-0.05, 0) is 12.1 Å². The number of furan rings is 1. The van der Waals surface area contributed by atoms with Gasteiger partial charge in [0, 0.05) is 13.1 Å². The SMILES string of the molecule is C=CCNC(N)=NCCNC(=O)c1ccco1. The quantitative estimate of drug-likeness (QED) is 0.283. The number of guanidine groups is 1. The van der Waals surface area contributed by atoms with E-state index in [1.807, 2.05) is 0 Å². The lowest BCUT2D eigenvalue weighted by Crippen LogP contribution is -2.33. The van der Waals surface area contributed by atoms with Crippen LogP contribution in [0.3, 0.4) is 0 Å². The van der Waals surface area contributed by atoms with Crippen LogP contribution in [0.2, 0.25) is 0 Å². The zero-order valence-corrected chi connectivity index (χ0v) is 9.48. The number of carbonyl (C=O) groups excluding carboxylic acids is 1. The second-order valence-corrected chi connectivity index (χ2v) is 3.17. The van der Waals surface area contributed by atoms with E-state index in [4.69, 9.17) is 10.2 Å². The summed E-state index contributed by atoms with van der Waals surface area (Å²) in [6.45, 7) is 4.91. The number of nitrogens with zero attached hydrogens (tertiary/aromatic N) is 1. The fraction of sp³-hybridized carbons (Fsp3) is 0.273. The van der Waals surface area contributed by atoms with Crippen molar-refractivity contribution in [1.29, 1.82) is 0 Å². The van der Waals surface area contributed by atoms with Crippen LogP contribution in [0.5, 0.6) is 0 Å². The minimum absolute atomic E-state index is 0.261. The van der Waals surface area contributed by atoms with E-state index in [9.17, 15) is 4.79 Å². The molecule has 1 aromatic heterocycles. The lowest BCUT2D eigenvalue weighted by atomic mass is 10.4. The van der Waals surface area contributed by atoms with E-state index in [1.165, 1.54) is 6.26 Å². The van der Waals surface area contributed by atoms with Crippen molar-refractivity contribution in [3.05, 3.63) is 36.8 Å². The van der Waals surface area contributed by atoms with E-state index in [0.717, 1.165) is 0 Å². The summed E-state index contributed by atoms with van der Waals surface area (Å²) in [6.07, 6.45) is 3.13. The number of nitrogens with one attached hydrogen (secondary N) is 2. The minimum atomic E-state index is -0.261. The Hall–Kier alpha value is -2.24. The molecule has 92 valence electrons. The molecule has 1 amide bonds. The van der Waals surface area contributed by atoms with Crippen molar-refractivity contribution >= 4 is 11.9 Å². The molecule has 17 heavy (non-hydrogen) atoms. The number of nitrogens with two attached hydrogens (primary N) is 1. The van der Waals surface area contributed by atoms with Crippen molar-refractivity contribution in [3.63, 3.8) is 0 Å². The molecular weight excluding hydrogens is 220 g/mol. The molecule has 0 atom stereocenters. The summed E-state index contributed by atoms with van der Waals surface area (Å²) in [5.74, 6) is 0.353. The number of aliphatic imine (C=N–C) groups is 1. The van der Waals surface area contributed by atoms with Gasteiger partial charge in [0.1, 0.15) is 0 Å². The van der Waals surface area contributed by atoms with Gasteiger partial charge >= 0.3 is 0 Å². The summed E-state index contributed by atoms with van der Waals surface area (Å²) in [4.78, 5) is 15.4. The maximum absolute atomic E-state index is 11.4. The van der Waals surface area contributed by atoms with Crippen molar-refractivity contribution in [2.24, 2.45) is 10.7 Å². The van der Waals surface area contributed by atoms with E-state index < -0.39 is 0 Å². The molecule has 4 N–H and O–H groups in total. The number of rotatable bonds is 6. The van der Waals surface area contributed by atoms with Crippen molar-refractivity contribution in [3.8, 4) is 0 Å². The average molecular weight is 236 g/mol. The second kappa shape index (κ2) is 7.10. The zero-order valence-electron chi connectivity index (χ0n) is 9.48. The van der Waals surface area contributed by atoms with Gasteiger partial charge in [0.25, 0.3) is 5.91 Å². The van der Waals surface area contributed by atoms with Crippen LogP contribution in [-0.4, -0.2) is 31.5 Å². The van der Waals surface area contributed by atoms with E-state index >= 15 is 0 Å². The third-order valence-electron chi connectivity index (χ3n) is 1.85. The second-order valence-electron chi connectivity index (χ2n) is 3.17. The van der Waals surface area contributed by atoms with Gasteiger partial charge in [0.05, 0.1) is 12.8 Å². The lowest BCUT2D eigenvalue weighted by molar-refractivity contribution is 0.0927. The van der Waals surface area contributed by atoms with Crippen LogP contribution >= 0.6 is 0 Å². The van der Waals surface area contributed by atoms with Crippen LogP contribution in [0.4, 0.5) is 0 Å². The topological polar surface area (TPSA) is 92.6 Å². The first-order chi connectivity index (χ1) is 8.24. The molecule has 0 saturated heterocycles. The highest BCUT2D eigenvalue weighted by Crippen LogP contribution is 1.98. The molecule has 0 aliphatic heterocycles. The summed E-state index contributed by atoms with van der Waals surface area (Å²) in [7, 11) is 0. The van der Waals surface area contributed by atoms with Crippen molar-refractivity contribution < 1.29 is 9.21 Å². The van der Waals surface area contributed by atoms with Gasteiger partial charge in [0.2, 0.25) is 0 Å². The highest BCUT2D eigenvalue weighted by molar-refractivity contribution is 5.91. The first-order valence-electron chi connectivity index (χ1n) is 5.20. The Balaban J connectivity index is 2.20. The predicted octanol–water partition coefficient (Wildman–Crippen LogP) is 0.0997. The Morgan fingerprint density at radius 3 is 3.06 bits per heavy atom. The van der Waals surface area contributed by atoms with Crippen LogP contribution in [0.1, 0.15) is 10.6 Å². The number of carbonyl (C=O) groups is 1. The molecule has 0 unspecified atom stereocenters. The maximum Gasteiger partial charge on any atom is 0.287 e. The smallest absolute Gasteiger partial charge is 0.287 e. The van der Waals surface area contributed by atoms with E-state index in [-0.39, 0.29) is 11.7 Å². The Morgan fingerprint density at radius 1 is 1.59 bits per heavy atom. The van der Waals surface area contributed by atoms with Gasteiger partial charge in [-0.25, -0.2) is 0 Å². The first-order valence-corrected chi connectivity index (χ1v) is 5.20. The van der Waals surface area contributed by atoms with Crippen LogP contribution in [-0.2, 0) is 0 Å². The average Bonchev–Trinajstić information content (AvgIpc) is 2.85. The van der Waals surface area contributed by atoms with Crippen LogP contribution in [0.15, 0.2) is 40.5 Å². The van der Waals surface area contributed by atoms with Gasteiger partial charge in [-0.2, -0.15) is 0 Å². The first kappa shape index (κ1) is 12.8. The van der Waals surface area contributed by atoms with Gasteiger partial charge in [-0.1, -0.05) is 6.08 Å². The Kier molecular flexibility index (Phi) is 5.36. The lowest BCUT2D eigenvalue weighted by Gasteiger charge is -2.03. The molecule has 0 spiro atoms. The summed E-state index contributed by atoms with van der Waals surface area (Å²) in [5.41, 5.74) is 5.53. The summed E-state index contributed by atoms with van der Waals surface area (Å²) in [6, 6.07) is 3.25. The summed E-state index contributed by atoms with van der Waals surface area (Å²) < 4.78 is 4.93. The largest absolute Gasteiger partial charge is 0.459 e. The van der Waals surface area contributed by atoms with Crippen LogP contribution < -0.4 is 16.4 Å². The Bertz CT molecular complexity index is 384. The van der Waals surface area contributed by atoms with Crippen LogP contribution in [0, 0.1) is 0 Å². The summed E-state index contributed by atoms with van der Waals surface area (Å²) in [5, 5.41) is 5.48. The van der Waals surface area contributed by atoms with E-state index in [1.54, 1.807) is 18.2 Å². The molecule has 0 aromatic carbocycles. The molecular formula is C11H16N4O2. The molecule has 6 heteroatoms. The fourth-order valence-corrected chi connectivity index (χ4v) is 1.07. The fourth-order valence-electron chi connectivity index (χ4n) is 1.07. The molecule has 6 nitrogen and oxygen atoms in total. The van der Waals surface area contributed by atoms with Crippen molar-refractivity contribution in [1.82, 2.24) is 10.6 Å². The predicted molar refractivity (Wildman–Crippen MR) is 65.7 cm³/mol. The number of amides is 1. The molecule has 0 fully saturated rings. The van der Waals surface area contributed by atoms with E-state index in [0.29, 0.717) is 25.6 Å². The normalized spacial score (nSPS) is 10.9. The number of hydrogen-bond acceptors (Lipinski definition) is 3. The molecule has 0 bridgehead atoms. The molecule has 0 aliphatic carbocycles. The van der Waals surface area contributed by atoms with Crippen molar-refractivity contribution in [2.75, 3.05) is 19.6 Å². The molecule has 1 heterocycles. The molecule has 0 saturated carbocycles. The molecule has 1 rings (SSSR count).